The van der Waals surface area contributed by atoms with Crippen molar-refractivity contribution in [2.75, 3.05) is 13.6 Å². The van der Waals surface area contributed by atoms with Gasteiger partial charge in [-0.25, -0.2) is 0 Å². The topological polar surface area (TPSA) is 36.4 Å². The van der Waals surface area contributed by atoms with Gasteiger partial charge in [-0.3, -0.25) is 4.99 Å². The van der Waals surface area contributed by atoms with E-state index in [4.69, 9.17) is 0 Å². The first-order valence-corrected chi connectivity index (χ1v) is 8.22. The second-order valence-electron chi connectivity index (χ2n) is 6.70. The molecule has 2 N–H and O–H groups in total. The number of hydrogen-bond acceptors (Lipinski definition) is 1. The van der Waals surface area contributed by atoms with E-state index in [2.05, 4.69) is 46.8 Å². The molecule has 0 saturated heterocycles. The molecular formula is C18H28IN3. The summed E-state index contributed by atoms with van der Waals surface area (Å²) in [4.78, 5) is 4.37. The Balaban J connectivity index is 0.00000176. The maximum Gasteiger partial charge on any atom is 0.191 e. The molecule has 3 nitrogen and oxygen atoms in total. The first-order valence-electron chi connectivity index (χ1n) is 8.22. The van der Waals surface area contributed by atoms with Gasteiger partial charge in [-0.1, -0.05) is 30.7 Å². The molecule has 0 spiro atoms. The highest BCUT2D eigenvalue weighted by molar-refractivity contribution is 14.0. The fourth-order valence-electron chi connectivity index (χ4n) is 3.52. The molecule has 0 unspecified atom stereocenters. The molecule has 0 amide bonds. The number of aryl methyl sites for hydroxylation is 1. The van der Waals surface area contributed by atoms with Gasteiger partial charge >= 0.3 is 0 Å². The summed E-state index contributed by atoms with van der Waals surface area (Å²) in [6.45, 7) is 4.08. The number of nitrogens with zero attached hydrogens (tertiary/aromatic N) is 1. The van der Waals surface area contributed by atoms with E-state index in [0.29, 0.717) is 5.41 Å². The summed E-state index contributed by atoms with van der Waals surface area (Å²) < 4.78 is 0. The van der Waals surface area contributed by atoms with E-state index in [1.54, 1.807) is 0 Å². The van der Waals surface area contributed by atoms with Crippen molar-refractivity contribution in [2.45, 2.75) is 45.6 Å². The molecule has 22 heavy (non-hydrogen) atoms. The second-order valence-corrected chi connectivity index (χ2v) is 6.70. The van der Waals surface area contributed by atoms with Crippen LogP contribution < -0.4 is 10.6 Å². The Hall–Kier alpha value is -0.780. The number of rotatable bonds is 5. The standard InChI is InChI=1S/C18H27N3.HI/c1-14-6-3-4-7-15(14)12-20-17(19-2)21-13-18(10-5-11-18)16-8-9-16;/h3-4,6-7,16H,5,8-13H2,1-2H3,(H2,19,20,21);1H. The molecular weight excluding hydrogens is 385 g/mol. The highest BCUT2D eigenvalue weighted by Gasteiger charge is 2.48. The molecule has 2 saturated carbocycles. The lowest BCUT2D eigenvalue weighted by Gasteiger charge is -2.43. The molecule has 1 aromatic carbocycles. The van der Waals surface area contributed by atoms with Crippen LogP contribution >= 0.6 is 24.0 Å². The van der Waals surface area contributed by atoms with E-state index in [1.165, 1.54) is 43.2 Å². The van der Waals surface area contributed by atoms with Crippen LogP contribution in [-0.2, 0) is 6.54 Å². The number of aliphatic imine (C=N–C) groups is 1. The van der Waals surface area contributed by atoms with Crippen LogP contribution in [0.5, 0.6) is 0 Å². The van der Waals surface area contributed by atoms with E-state index in [0.717, 1.165) is 25.0 Å². The Labute approximate surface area is 151 Å². The summed E-state index contributed by atoms with van der Waals surface area (Å²) in [5, 5.41) is 7.01. The molecule has 122 valence electrons. The monoisotopic (exact) mass is 413 g/mol. The molecule has 2 aliphatic carbocycles. The second kappa shape index (κ2) is 7.66. The van der Waals surface area contributed by atoms with E-state index in [-0.39, 0.29) is 24.0 Å². The molecule has 2 aliphatic rings. The Morgan fingerprint density at radius 3 is 2.50 bits per heavy atom. The summed E-state index contributed by atoms with van der Waals surface area (Å²) in [6.07, 6.45) is 7.10. The smallest absolute Gasteiger partial charge is 0.191 e. The van der Waals surface area contributed by atoms with Crippen molar-refractivity contribution in [1.29, 1.82) is 0 Å². The van der Waals surface area contributed by atoms with Crippen molar-refractivity contribution < 1.29 is 0 Å². The average molecular weight is 413 g/mol. The van der Waals surface area contributed by atoms with Gasteiger partial charge in [0.15, 0.2) is 5.96 Å². The number of benzene rings is 1. The third-order valence-corrected chi connectivity index (χ3v) is 5.33. The Kier molecular flexibility index (Phi) is 6.12. The SMILES string of the molecule is CN=C(NCc1ccccc1C)NCC1(C2CC2)CCC1.I. The normalized spacial score (nSPS) is 19.8. The molecule has 0 aliphatic heterocycles. The number of hydrogen-bond donors (Lipinski definition) is 2. The van der Waals surface area contributed by atoms with Crippen LogP contribution in [0.1, 0.15) is 43.2 Å². The summed E-state index contributed by atoms with van der Waals surface area (Å²) in [5.74, 6) is 1.92. The maximum absolute atomic E-state index is 4.37. The van der Waals surface area contributed by atoms with Gasteiger partial charge in [0.2, 0.25) is 0 Å². The van der Waals surface area contributed by atoms with E-state index in [9.17, 15) is 0 Å². The van der Waals surface area contributed by atoms with Gasteiger partial charge in [-0.2, -0.15) is 0 Å². The third-order valence-electron chi connectivity index (χ3n) is 5.33. The Morgan fingerprint density at radius 2 is 1.95 bits per heavy atom. The minimum absolute atomic E-state index is 0. The van der Waals surface area contributed by atoms with Crippen molar-refractivity contribution in [1.82, 2.24) is 10.6 Å². The van der Waals surface area contributed by atoms with E-state index < -0.39 is 0 Å². The van der Waals surface area contributed by atoms with Crippen LogP contribution in [0.15, 0.2) is 29.3 Å². The highest BCUT2D eigenvalue weighted by atomic mass is 127. The zero-order chi connectivity index (χ0) is 14.7. The summed E-state index contributed by atoms with van der Waals surface area (Å²) in [5.41, 5.74) is 3.25. The predicted octanol–water partition coefficient (Wildman–Crippen LogP) is 3.86. The average Bonchev–Trinajstić information content (AvgIpc) is 3.27. The lowest BCUT2D eigenvalue weighted by Crippen LogP contribution is -2.47. The summed E-state index contributed by atoms with van der Waals surface area (Å²) in [6, 6.07) is 8.51. The Morgan fingerprint density at radius 1 is 1.23 bits per heavy atom. The van der Waals surface area contributed by atoms with Gasteiger partial charge in [-0.05, 0) is 55.1 Å². The minimum atomic E-state index is 0. The molecule has 0 aromatic heterocycles. The van der Waals surface area contributed by atoms with Crippen molar-refractivity contribution in [3.8, 4) is 0 Å². The number of guanidine groups is 1. The molecule has 0 radical (unpaired) electrons. The van der Waals surface area contributed by atoms with E-state index >= 15 is 0 Å². The molecule has 2 fully saturated rings. The first-order chi connectivity index (χ1) is 10.2. The number of halogens is 1. The van der Waals surface area contributed by atoms with Crippen LogP contribution in [0.3, 0.4) is 0 Å². The zero-order valence-corrected chi connectivity index (χ0v) is 16.0. The maximum atomic E-state index is 4.37. The van der Waals surface area contributed by atoms with Crippen LogP contribution in [0, 0.1) is 18.3 Å². The summed E-state index contributed by atoms with van der Waals surface area (Å²) in [7, 11) is 1.86. The highest BCUT2D eigenvalue weighted by Crippen LogP contribution is 2.56. The van der Waals surface area contributed by atoms with Crippen molar-refractivity contribution in [2.24, 2.45) is 16.3 Å². The molecule has 0 heterocycles. The van der Waals surface area contributed by atoms with Crippen molar-refractivity contribution in [3.63, 3.8) is 0 Å². The molecule has 4 heteroatoms. The fraction of sp³-hybridized carbons (Fsp3) is 0.611. The largest absolute Gasteiger partial charge is 0.356 e. The summed E-state index contributed by atoms with van der Waals surface area (Å²) >= 11 is 0. The molecule has 0 bridgehead atoms. The molecule has 0 atom stereocenters. The van der Waals surface area contributed by atoms with Crippen molar-refractivity contribution in [3.05, 3.63) is 35.4 Å². The first kappa shape index (κ1) is 17.6. The van der Waals surface area contributed by atoms with Gasteiger partial charge in [0.1, 0.15) is 0 Å². The van der Waals surface area contributed by atoms with Crippen LogP contribution in [0.25, 0.3) is 0 Å². The van der Waals surface area contributed by atoms with Gasteiger partial charge in [0.25, 0.3) is 0 Å². The van der Waals surface area contributed by atoms with Crippen LogP contribution in [0.2, 0.25) is 0 Å². The van der Waals surface area contributed by atoms with Gasteiger partial charge in [0, 0.05) is 20.1 Å². The molecule has 1 aromatic rings. The lowest BCUT2D eigenvalue weighted by molar-refractivity contribution is 0.106. The van der Waals surface area contributed by atoms with Gasteiger partial charge in [-0.15, -0.1) is 24.0 Å². The quantitative estimate of drug-likeness (QED) is 0.437. The van der Waals surface area contributed by atoms with Crippen molar-refractivity contribution >= 4 is 29.9 Å². The minimum Gasteiger partial charge on any atom is -0.356 e. The Bertz CT molecular complexity index is 519. The predicted molar refractivity (Wildman–Crippen MR) is 104 cm³/mol. The lowest BCUT2D eigenvalue weighted by atomic mass is 9.65. The van der Waals surface area contributed by atoms with E-state index in [1.807, 2.05) is 7.05 Å². The number of nitrogens with one attached hydrogen (secondary N) is 2. The molecule has 3 rings (SSSR count). The van der Waals surface area contributed by atoms with Gasteiger partial charge < -0.3 is 10.6 Å². The van der Waals surface area contributed by atoms with Crippen LogP contribution in [0.4, 0.5) is 0 Å². The van der Waals surface area contributed by atoms with Crippen LogP contribution in [-0.4, -0.2) is 19.6 Å². The third kappa shape index (κ3) is 3.94. The zero-order valence-electron chi connectivity index (χ0n) is 13.7. The fourth-order valence-corrected chi connectivity index (χ4v) is 3.52. The van der Waals surface area contributed by atoms with Gasteiger partial charge in [0.05, 0.1) is 0 Å².